The fourth-order valence-corrected chi connectivity index (χ4v) is 4.54. The van der Waals surface area contributed by atoms with Crippen LogP contribution in [0, 0.1) is 5.82 Å². The summed E-state index contributed by atoms with van der Waals surface area (Å²) >= 11 is 5.64. The summed E-state index contributed by atoms with van der Waals surface area (Å²) in [5, 5.41) is 6.62. The fraction of sp³-hybridized carbons (Fsp3) is 0.300. The number of rotatable bonds is 6. The van der Waals surface area contributed by atoms with Crippen LogP contribution in [0.5, 0.6) is 5.75 Å². The molecule has 0 radical (unpaired) electrons. The van der Waals surface area contributed by atoms with Gasteiger partial charge in [0.1, 0.15) is 11.6 Å². The first-order valence-corrected chi connectivity index (χ1v) is 9.43. The third-order valence-corrected chi connectivity index (χ3v) is 5.84. The van der Waals surface area contributed by atoms with Crippen molar-refractivity contribution in [2.45, 2.75) is 30.3 Å². The zero-order chi connectivity index (χ0) is 19.4. The summed E-state index contributed by atoms with van der Waals surface area (Å²) in [6.07, 6.45) is 8.23. The van der Waals surface area contributed by atoms with Gasteiger partial charge in [-0.15, -0.1) is 0 Å². The van der Waals surface area contributed by atoms with Crippen LogP contribution in [-0.2, 0) is 4.79 Å². The lowest BCUT2D eigenvalue weighted by Crippen LogP contribution is -2.81. The number of carbonyl (C=O) groups is 1. The van der Waals surface area contributed by atoms with Gasteiger partial charge in [0.2, 0.25) is 0 Å². The first kappa shape index (κ1) is 17.3. The summed E-state index contributed by atoms with van der Waals surface area (Å²) in [7, 11) is 0. The topological polar surface area (TPSA) is 67.7 Å². The molecule has 2 N–H and O–H groups in total. The average molecular weight is 401 g/mol. The van der Waals surface area contributed by atoms with Crippen molar-refractivity contribution in [3.63, 3.8) is 0 Å². The summed E-state index contributed by atoms with van der Waals surface area (Å²) in [5.74, 6) is 0.355. The summed E-state index contributed by atoms with van der Waals surface area (Å²) in [6, 6.07) is 8.12. The molecule has 0 saturated heterocycles. The number of carbonyl (C=O) groups excluding carboxylic acids is 1. The van der Waals surface area contributed by atoms with E-state index in [4.69, 9.17) is 16.3 Å². The maximum Gasteiger partial charge on any atom is 0.258 e. The number of hydrogen-bond donors (Lipinski definition) is 2. The van der Waals surface area contributed by atoms with E-state index < -0.39 is 5.82 Å². The van der Waals surface area contributed by atoms with E-state index in [0.29, 0.717) is 0 Å². The quantitative estimate of drug-likeness (QED) is 0.665. The molecule has 2 heterocycles. The Hall–Kier alpha value is -2.80. The van der Waals surface area contributed by atoms with E-state index in [0.717, 1.165) is 30.6 Å². The smallest absolute Gasteiger partial charge is 0.258 e. The van der Waals surface area contributed by atoms with Crippen LogP contribution in [0.25, 0.3) is 5.52 Å². The van der Waals surface area contributed by atoms with Crippen LogP contribution in [0.15, 0.2) is 48.9 Å². The third kappa shape index (κ3) is 2.86. The van der Waals surface area contributed by atoms with E-state index in [9.17, 15) is 9.18 Å². The van der Waals surface area contributed by atoms with Gasteiger partial charge in [0.15, 0.2) is 12.4 Å². The molecule has 8 heteroatoms. The monoisotopic (exact) mass is 400 g/mol. The maximum absolute atomic E-state index is 13.4. The molecule has 2 aromatic heterocycles. The number of anilines is 1. The van der Waals surface area contributed by atoms with Gasteiger partial charge >= 0.3 is 0 Å². The second-order valence-corrected chi connectivity index (χ2v) is 8.11. The van der Waals surface area contributed by atoms with Gasteiger partial charge in [-0.05, 0) is 43.5 Å². The highest BCUT2D eigenvalue weighted by atomic mass is 35.5. The lowest BCUT2D eigenvalue weighted by Gasteiger charge is -2.70. The van der Waals surface area contributed by atoms with Crippen molar-refractivity contribution in [1.82, 2.24) is 14.7 Å². The van der Waals surface area contributed by atoms with E-state index in [2.05, 4.69) is 15.6 Å². The molecule has 0 spiro atoms. The molecule has 2 bridgehead atoms. The third-order valence-electron chi connectivity index (χ3n) is 5.53. The van der Waals surface area contributed by atoms with Crippen molar-refractivity contribution in [2.24, 2.45) is 0 Å². The molecule has 144 valence electrons. The van der Waals surface area contributed by atoms with Crippen LogP contribution in [0.4, 0.5) is 10.2 Å². The second-order valence-electron chi connectivity index (χ2n) is 7.71. The molecule has 6 nitrogen and oxygen atoms in total. The van der Waals surface area contributed by atoms with Crippen molar-refractivity contribution in [2.75, 3.05) is 11.9 Å². The van der Waals surface area contributed by atoms with Crippen LogP contribution in [0.2, 0.25) is 5.02 Å². The summed E-state index contributed by atoms with van der Waals surface area (Å²) < 4.78 is 20.8. The number of hydrogen-bond acceptors (Lipinski definition) is 4. The first-order chi connectivity index (χ1) is 13.5. The standard InChI is InChI=1S/C20H18ClFN4O2/c21-14-4-3-13(8-15(14)22)28-9-17(27)24-19-10-20(11-19,12-19)25-18-16-2-1-6-26(16)7-5-23-18/h1-8H,9-12H2,(H,23,25)(H,24,27). The molecule has 0 unspecified atom stereocenters. The van der Waals surface area contributed by atoms with E-state index in [-0.39, 0.29) is 34.4 Å². The number of halogens is 2. The molecule has 1 amide bonds. The molecule has 3 aliphatic carbocycles. The van der Waals surface area contributed by atoms with E-state index in [1.807, 2.05) is 28.9 Å². The lowest BCUT2D eigenvalue weighted by molar-refractivity contribution is -0.135. The Balaban J connectivity index is 1.15. The molecular weight excluding hydrogens is 383 g/mol. The highest BCUT2D eigenvalue weighted by Gasteiger charge is 2.69. The Morgan fingerprint density at radius 1 is 1.25 bits per heavy atom. The number of benzene rings is 1. The van der Waals surface area contributed by atoms with Crippen LogP contribution in [0.3, 0.4) is 0 Å². The van der Waals surface area contributed by atoms with Crippen LogP contribution in [-0.4, -0.2) is 33.0 Å². The Kier molecular flexibility index (Phi) is 3.77. The number of aromatic nitrogens is 2. The SMILES string of the molecule is O=C(COc1ccc(Cl)c(F)c1)NC12CC(Nc3nccn4cccc34)(C1)C2. The van der Waals surface area contributed by atoms with Gasteiger partial charge in [0.25, 0.3) is 5.91 Å². The van der Waals surface area contributed by atoms with E-state index in [1.54, 1.807) is 6.20 Å². The van der Waals surface area contributed by atoms with Gasteiger partial charge < -0.3 is 19.8 Å². The molecule has 6 rings (SSSR count). The number of ether oxygens (including phenoxy) is 1. The van der Waals surface area contributed by atoms with E-state index >= 15 is 0 Å². The van der Waals surface area contributed by atoms with Crippen molar-refractivity contribution < 1.29 is 13.9 Å². The van der Waals surface area contributed by atoms with Gasteiger partial charge in [0, 0.05) is 35.7 Å². The zero-order valence-electron chi connectivity index (χ0n) is 14.9. The van der Waals surface area contributed by atoms with Crippen LogP contribution >= 0.6 is 11.6 Å². The van der Waals surface area contributed by atoms with Crippen LogP contribution < -0.4 is 15.4 Å². The van der Waals surface area contributed by atoms with Crippen LogP contribution in [0.1, 0.15) is 19.3 Å². The predicted molar refractivity (Wildman–Crippen MR) is 103 cm³/mol. The largest absolute Gasteiger partial charge is 0.484 e. The maximum atomic E-state index is 13.4. The molecule has 3 aliphatic rings. The number of fused-ring (bicyclic) bond motifs is 1. The van der Waals surface area contributed by atoms with Gasteiger partial charge in [0.05, 0.1) is 10.5 Å². The lowest BCUT2D eigenvalue weighted by atomic mass is 9.44. The highest BCUT2D eigenvalue weighted by Crippen LogP contribution is 2.61. The Bertz CT molecular complexity index is 1060. The van der Waals surface area contributed by atoms with Gasteiger partial charge in [-0.25, -0.2) is 9.37 Å². The Labute approximate surface area is 165 Å². The van der Waals surface area contributed by atoms with Crippen molar-refractivity contribution in [3.8, 4) is 5.75 Å². The molecular formula is C20H18ClFN4O2. The average Bonchev–Trinajstić information content (AvgIpc) is 3.09. The molecule has 0 aliphatic heterocycles. The normalized spacial score (nSPS) is 24.9. The molecule has 28 heavy (non-hydrogen) atoms. The van der Waals surface area contributed by atoms with Gasteiger partial charge in [-0.3, -0.25) is 4.79 Å². The minimum absolute atomic E-state index is 0.00738. The molecule has 0 atom stereocenters. The molecule has 3 saturated carbocycles. The minimum atomic E-state index is -0.571. The van der Waals surface area contributed by atoms with E-state index in [1.165, 1.54) is 18.2 Å². The van der Waals surface area contributed by atoms with Gasteiger partial charge in [-0.2, -0.15) is 0 Å². The zero-order valence-corrected chi connectivity index (χ0v) is 15.7. The predicted octanol–water partition coefficient (Wildman–Crippen LogP) is 3.41. The number of nitrogens with zero attached hydrogens (tertiary/aromatic N) is 2. The van der Waals surface area contributed by atoms with Crippen molar-refractivity contribution in [3.05, 3.63) is 59.8 Å². The fourth-order valence-electron chi connectivity index (χ4n) is 4.42. The van der Waals surface area contributed by atoms with Gasteiger partial charge in [-0.1, -0.05) is 11.6 Å². The number of nitrogens with one attached hydrogen (secondary N) is 2. The summed E-state index contributed by atoms with van der Waals surface area (Å²) in [4.78, 5) is 16.7. The molecule has 1 aromatic carbocycles. The summed E-state index contributed by atoms with van der Waals surface area (Å²) in [5.41, 5.74) is 0.854. The summed E-state index contributed by atoms with van der Waals surface area (Å²) in [6.45, 7) is -0.158. The van der Waals surface area contributed by atoms with Crippen molar-refractivity contribution in [1.29, 1.82) is 0 Å². The number of amides is 1. The minimum Gasteiger partial charge on any atom is -0.484 e. The van der Waals surface area contributed by atoms with Crippen molar-refractivity contribution >= 4 is 28.8 Å². The Morgan fingerprint density at radius 2 is 2.07 bits per heavy atom. The molecule has 3 aromatic rings. The molecule has 3 fully saturated rings. The second kappa shape index (κ2) is 6.10. The first-order valence-electron chi connectivity index (χ1n) is 9.05. The highest BCUT2D eigenvalue weighted by molar-refractivity contribution is 6.30. The Morgan fingerprint density at radius 3 is 2.86 bits per heavy atom.